The lowest BCUT2D eigenvalue weighted by atomic mass is 9.90. The lowest BCUT2D eigenvalue weighted by Crippen LogP contribution is -2.02. The summed E-state index contributed by atoms with van der Waals surface area (Å²) in [6, 6.07) is 0. The van der Waals surface area contributed by atoms with Gasteiger partial charge in [0.25, 0.3) is 0 Å². The van der Waals surface area contributed by atoms with Gasteiger partial charge < -0.3 is 0 Å². The highest BCUT2D eigenvalue weighted by Crippen LogP contribution is 2.20. The van der Waals surface area contributed by atoms with Crippen molar-refractivity contribution in [3.8, 4) is 0 Å². The topological polar surface area (TPSA) is 0 Å². The third-order valence-corrected chi connectivity index (χ3v) is 2.70. The quantitative estimate of drug-likeness (QED) is 0.354. The predicted octanol–water partition coefficient (Wildman–Crippen LogP) is 5.90. The molecule has 0 unspecified atom stereocenters. The molecule has 94 valence electrons. The van der Waals surface area contributed by atoms with Crippen molar-refractivity contribution >= 4 is 0 Å². The Balaban J connectivity index is 3.22. The molecule has 0 aliphatic carbocycles. The van der Waals surface area contributed by atoms with E-state index in [1.165, 1.54) is 44.9 Å². The first-order chi connectivity index (χ1) is 7.56. The van der Waals surface area contributed by atoms with Crippen LogP contribution < -0.4 is 0 Å². The highest BCUT2D eigenvalue weighted by molar-refractivity contribution is 4.83. The molecule has 16 heavy (non-hydrogen) atoms. The molecule has 0 saturated heterocycles. The molecule has 0 amide bonds. The third-order valence-electron chi connectivity index (χ3n) is 2.70. The van der Waals surface area contributed by atoms with Gasteiger partial charge in [-0.3, -0.25) is 0 Å². The van der Waals surface area contributed by atoms with Gasteiger partial charge in [-0.1, -0.05) is 51.5 Å². The van der Waals surface area contributed by atoms with Gasteiger partial charge in [0.1, 0.15) is 0 Å². The zero-order chi connectivity index (χ0) is 12.3. The molecule has 0 aromatic rings. The van der Waals surface area contributed by atoms with Crippen LogP contribution in [0.5, 0.6) is 0 Å². The molecule has 0 fully saturated rings. The second-order valence-corrected chi connectivity index (χ2v) is 5.78. The molecule has 0 heterocycles. The Bertz CT molecular complexity index is 191. The predicted molar refractivity (Wildman–Crippen MR) is 75.7 cm³/mol. The van der Waals surface area contributed by atoms with Crippen molar-refractivity contribution in [3.63, 3.8) is 0 Å². The Labute approximate surface area is 103 Å². The summed E-state index contributed by atoms with van der Waals surface area (Å²) in [7, 11) is 0. The lowest BCUT2D eigenvalue weighted by Gasteiger charge is -2.15. The SMILES string of the molecule is CC=CCCCCCC=CCCC(C)(C)C. The van der Waals surface area contributed by atoms with E-state index < -0.39 is 0 Å². The molecule has 0 saturated carbocycles. The molecule has 0 nitrogen and oxygen atoms in total. The Hall–Kier alpha value is -0.520. The van der Waals surface area contributed by atoms with Crippen LogP contribution in [-0.4, -0.2) is 0 Å². The number of hydrogen-bond acceptors (Lipinski definition) is 0. The standard InChI is InChI=1S/C16H30/c1-5-6-7-8-9-10-11-12-13-14-15-16(2,3)4/h5-6,12-13H,7-11,14-15H2,1-4H3. The maximum atomic E-state index is 2.36. The van der Waals surface area contributed by atoms with Gasteiger partial charge in [-0.05, 0) is 50.9 Å². The summed E-state index contributed by atoms with van der Waals surface area (Å²) in [5.41, 5.74) is 0.483. The summed E-state index contributed by atoms with van der Waals surface area (Å²) in [6.07, 6.45) is 18.2. The van der Waals surface area contributed by atoms with Crippen LogP contribution in [0, 0.1) is 5.41 Å². The van der Waals surface area contributed by atoms with Crippen LogP contribution in [0.25, 0.3) is 0 Å². The zero-order valence-corrected chi connectivity index (χ0v) is 11.8. The summed E-state index contributed by atoms with van der Waals surface area (Å²) in [6.45, 7) is 9.02. The van der Waals surface area contributed by atoms with Gasteiger partial charge in [0.05, 0.1) is 0 Å². The molecule has 0 rings (SSSR count). The van der Waals surface area contributed by atoms with Crippen molar-refractivity contribution in [3.05, 3.63) is 24.3 Å². The minimum absolute atomic E-state index is 0.483. The van der Waals surface area contributed by atoms with Crippen LogP contribution in [-0.2, 0) is 0 Å². The lowest BCUT2D eigenvalue weighted by molar-refractivity contribution is 0.381. The number of unbranched alkanes of at least 4 members (excludes halogenated alkanes) is 4. The van der Waals surface area contributed by atoms with Crippen LogP contribution in [0.3, 0.4) is 0 Å². The summed E-state index contributed by atoms with van der Waals surface area (Å²) in [4.78, 5) is 0. The fraction of sp³-hybridized carbons (Fsp3) is 0.750. The first-order valence-electron chi connectivity index (χ1n) is 6.82. The van der Waals surface area contributed by atoms with Crippen LogP contribution in [0.1, 0.15) is 72.6 Å². The first kappa shape index (κ1) is 15.5. The van der Waals surface area contributed by atoms with Crippen molar-refractivity contribution < 1.29 is 0 Å². The zero-order valence-electron chi connectivity index (χ0n) is 11.8. The Kier molecular flexibility index (Phi) is 9.37. The van der Waals surface area contributed by atoms with E-state index in [0.717, 1.165) is 0 Å². The molecule has 0 aliphatic heterocycles. The molecule has 0 atom stereocenters. The average molecular weight is 222 g/mol. The fourth-order valence-electron chi connectivity index (χ4n) is 1.62. The van der Waals surface area contributed by atoms with Crippen molar-refractivity contribution in [1.29, 1.82) is 0 Å². The molecule has 0 bridgehead atoms. The molecular formula is C16H30. The van der Waals surface area contributed by atoms with Gasteiger partial charge in [0.2, 0.25) is 0 Å². The molecule has 0 heteroatoms. The second-order valence-electron chi connectivity index (χ2n) is 5.78. The Morgan fingerprint density at radius 2 is 1.31 bits per heavy atom. The summed E-state index contributed by atoms with van der Waals surface area (Å²) in [5.74, 6) is 0. The van der Waals surface area contributed by atoms with Crippen LogP contribution in [0.2, 0.25) is 0 Å². The summed E-state index contributed by atoms with van der Waals surface area (Å²) in [5, 5.41) is 0. The molecule has 0 aromatic carbocycles. The van der Waals surface area contributed by atoms with Crippen LogP contribution in [0.15, 0.2) is 24.3 Å². The van der Waals surface area contributed by atoms with Gasteiger partial charge in [-0.15, -0.1) is 0 Å². The summed E-state index contributed by atoms with van der Waals surface area (Å²) < 4.78 is 0. The van der Waals surface area contributed by atoms with E-state index in [0.29, 0.717) is 5.41 Å². The van der Waals surface area contributed by atoms with Gasteiger partial charge >= 0.3 is 0 Å². The van der Waals surface area contributed by atoms with E-state index in [-0.39, 0.29) is 0 Å². The van der Waals surface area contributed by atoms with E-state index in [2.05, 4.69) is 52.0 Å². The van der Waals surface area contributed by atoms with Gasteiger partial charge in [-0.2, -0.15) is 0 Å². The highest BCUT2D eigenvalue weighted by Gasteiger charge is 2.07. The smallest absolute Gasteiger partial charge is 0.0346 e. The van der Waals surface area contributed by atoms with E-state index in [9.17, 15) is 0 Å². The maximum Gasteiger partial charge on any atom is -0.0346 e. The minimum Gasteiger partial charge on any atom is -0.0917 e. The van der Waals surface area contributed by atoms with Gasteiger partial charge in [0.15, 0.2) is 0 Å². The Morgan fingerprint density at radius 1 is 0.750 bits per heavy atom. The second kappa shape index (κ2) is 9.69. The van der Waals surface area contributed by atoms with E-state index >= 15 is 0 Å². The Morgan fingerprint density at radius 3 is 1.88 bits per heavy atom. The molecule has 0 radical (unpaired) electrons. The summed E-state index contributed by atoms with van der Waals surface area (Å²) >= 11 is 0. The monoisotopic (exact) mass is 222 g/mol. The molecule has 0 N–H and O–H groups in total. The maximum absolute atomic E-state index is 2.36. The molecule has 0 aromatic heterocycles. The van der Waals surface area contributed by atoms with Gasteiger partial charge in [-0.25, -0.2) is 0 Å². The van der Waals surface area contributed by atoms with Crippen molar-refractivity contribution in [1.82, 2.24) is 0 Å². The normalized spacial score (nSPS) is 13.0. The van der Waals surface area contributed by atoms with Gasteiger partial charge in [0, 0.05) is 0 Å². The first-order valence-corrected chi connectivity index (χ1v) is 6.82. The van der Waals surface area contributed by atoms with Crippen molar-refractivity contribution in [2.45, 2.75) is 72.6 Å². The molecule has 0 aliphatic rings. The van der Waals surface area contributed by atoms with E-state index in [4.69, 9.17) is 0 Å². The van der Waals surface area contributed by atoms with E-state index in [1.807, 2.05) is 0 Å². The van der Waals surface area contributed by atoms with Crippen molar-refractivity contribution in [2.24, 2.45) is 5.41 Å². The fourth-order valence-corrected chi connectivity index (χ4v) is 1.62. The minimum atomic E-state index is 0.483. The van der Waals surface area contributed by atoms with E-state index in [1.54, 1.807) is 0 Å². The van der Waals surface area contributed by atoms with Crippen molar-refractivity contribution in [2.75, 3.05) is 0 Å². The highest BCUT2D eigenvalue weighted by atomic mass is 14.1. The largest absolute Gasteiger partial charge is 0.0917 e. The number of rotatable bonds is 8. The van der Waals surface area contributed by atoms with Crippen LogP contribution in [0.4, 0.5) is 0 Å². The molecule has 0 spiro atoms. The average Bonchev–Trinajstić information content (AvgIpc) is 2.19. The third kappa shape index (κ3) is 13.5. The van der Waals surface area contributed by atoms with Crippen LogP contribution >= 0.6 is 0 Å². The molecular weight excluding hydrogens is 192 g/mol. The number of hydrogen-bond donors (Lipinski definition) is 0. The number of allylic oxidation sites excluding steroid dienone is 4.